The Morgan fingerprint density at radius 3 is 2.71 bits per heavy atom. The van der Waals surface area contributed by atoms with Gasteiger partial charge >= 0.3 is 0 Å². The van der Waals surface area contributed by atoms with Crippen molar-refractivity contribution in [1.29, 1.82) is 0 Å². The first-order chi connectivity index (χ1) is 6.66. The predicted octanol–water partition coefficient (Wildman–Crippen LogP) is 0.766. The monoisotopic (exact) mass is 208 g/mol. The van der Waals surface area contributed by atoms with E-state index >= 15 is 0 Å². The van der Waals surface area contributed by atoms with E-state index in [9.17, 15) is 13.6 Å². The Morgan fingerprint density at radius 1 is 1.21 bits per heavy atom. The number of hydrogen-bond donors (Lipinski definition) is 1. The van der Waals surface area contributed by atoms with Gasteiger partial charge in [-0.25, -0.2) is 0 Å². The van der Waals surface area contributed by atoms with E-state index < -0.39 is 11.1 Å². The zero-order valence-corrected chi connectivity index (χ0v) is 7.84. The molecule has 1 N–H and O–H groups in total. The molecule has 0 aliphatic rings. The van der Waals surface area contributed by atoms with Crippen LogP contribution < -0.4 is 5.56 Å². The summed E-state index contributed by atoms with van der Waals surface area (Å²) in [6.07, 6.45) is 0. The molecule has 14 heavy (non-hydrogen) atoms. The van der Waals surface area contributed by atoms with Crippen molar-refractivity contribution in [3.63, 3.8) is 0 Å². The summed E-state index contributed by atoms with van der Waals surface area (Å²) in [5.74, 6) is 0. The zero-order valence-electron chi connectivity index (χ0n) is 7.02. The molecule has 0 radical (unpaired) electrons. The third kappa shape index (κ3) is 1.59. The Morgan fingerprint density at radius 2 is 2.00 bits per heavy atom. The number of rotatable bonds is 1. The van der Waals surface area contributed by atoms with Gasteiger partial charge in [-0.3, -0.25) is 9.00 Å². The lowest BCUT2D eigenvalue weighted by Crippen LogP contribution is -2.02. The minimum Gasteiger partial charge on any atom is -0.768 e. The van der Waals surface area contributed by atoms with Gasteiger partial charge in [0.1, 0.15) is 0 Å². The van der Waals surface area contributed by atoms with Crippen molar-refractivity contribution in [3.8, 4) is 0 Å². The molecule has 1 aromatic heterocycles. The van der Waals surface area contributed by atoms with Gasteiger partial charge in [0.15, 0.2) is 0 Å². The summed E-state index contributed by atoms with van der Waals surface area (Å²) in [7, 11) is 0. The van der Waals surface area contributed by atoms with Gasteiger partial charge < -0.3 is 9.54 Å². The maximum atomic E-state index is 10.9. The van der Waals surface area contributed by atoms with Crippen LogP contribution in [-0.2, 0) is 11.1 Å². The molecule has 0 bridgehead atoms. The van der Waals surface area contributed by atoms with Crippen LogP contribution in [0.2, 0.25) is 0 Å². The fourth-order valence-corrected chi connectivity index (χ4v) is 1.64. The summed E-state index contributed by atoms with van der Waals surface area (Å²) in [5.41, 5.74) is 0.431. The highest BCUT2D eigenvalue weighted by molar-refractivity contribution is 7.79. The van der Waals surface area contributed by atoms with Crippen molar-refractivity contribution >= 4 is 22.0 Å². The molecule has 5 heteroatoms. The molecule has 4 nitrogen and oxygen atoms in total. The molecule has 0 spiro atoms. The third-order valence-corrected chi connectivity index (χ3v) is 2.53. The highest BCUT2D eigenvalue weighted by Crippen LogP contribution is 2.13. The highest BCUT2D eigenvalue weighted by Gasteiger charge is 1.96. The SMILES string of the molecule is O=c1ccc2cc(S(=O)[O-])ccc2[nH]1. The van der Waals surface area contributed by atoms with Crippen LogP contribution in [0.5, 0.6) is 0 Å². The minimum atomic E-state index is -2.23. The fourth-order valence-electron chi connectivity index (χ4n) is 1.24. The molecule has 2 rings (SSSR count). The van der Waals surface area contributed by atoms with E-state index in [1.165, 1.54) is 18.2 Å². The van der Waals surface area contributed by atoms with E-state index in [1.54, 1.807) is 12.1 Å². The Kier molecular flexibility index (Phi) is 2.18. The van der Waals surface area contributed by atoms with Gasteiger partial charge in [0.05, 0.1) is 0 Å². The van der Waals surface area contributed by atoms with Gasteiger partial charge in [-0.15, -0.1) is 0 Å². The Balaban J connectivity index is 2.73. The van der Waals surface area contributed by atoms with Crippen molar-refractivity contribution in [3.05, 3.63) is 40.7 Å². The first kappa shape index (κ1) is 9.11. The Labute approximate surface area is 81.9 Å². The number of H-pyrrole nitrogens is 1. The zero-order chi connectivity index (χ0) is 10.1. The van der Waals surface area contributed by atoms with Crippen LogP contribution in [0.3, 0.4) is 0 Å². The van der Waals surface area contributed by atoms with Gasteiger partial charge in [-0.2, -0.15) is 0 Å². The van der Waals surface area contributed by atoms with Crippen LogP contribution in [0.4, 0.5) is 0 Å². The Hall–Kier alpha value is -1.46. The Bertz CT molecular complexity index is 561. The molecule has 2 aromatic rings. The number of hydrogen-bond acceptors (Lipinski definition) is 3. The van der Waals surface area contributed by atoms with E-state index in [4.69, 9.17) is 0 Å². The van der Waals surface area contributed by atoms with Crippen molar-refractivity contribution in [1.82, 2.24) is 4.98 Å². The number of benzene rings is 1. The summed E-state index contributed by atoms with van der Waals surface area (Å²) in [5, 5.41) is 0.700. The average molecular weight is 208 g/mol. The minimum absolute atomic E-state index is 0.200. The lowest BCUT2D eigenvalue weighted by atomic mass is 10.2. The molecule has 0 saturated carbocycles. The first-order valence-corrected chi connectivity index (χ1v) is 4.97. The summed E-state index contributed by atoms with van der Waals surface area (Å²) in [4.78, 5) is 13.7. The predicted molar refractivity (Wildman–Crippen MR) is 51.8 cm³/mol. The van der Waals surface area contributed by atoms with Crippen LogP contribution in [-0.4, -0.2) is 13.7 Å². The third-order valence-electron chi connectivity index (χ3n) is 1.89. The summed E-state index contributed by atoms with van der Waals surface area (Å²) < 4.78 is 21.3. The van der Waals surface area contributed by atoms with E-state index in [2.05, 4.69) is 4.98 Å². The van der Waals surface area contributed by atoms with E-state index in [-0.39, 0.29) is 10.5 Å². The lowest BCUT2D eigenvalue weighted by Gasteiger charge is -2.05. The lowest BCUT2D eigenvalue weighted by molar-refractivity contribution is 0.537. The number of nitrogens with one attached hydrogen (secondary N) is 1. The fraction of sp³-hybridized carbons (Fsp3) is 0. The molecule has 0 saturated heterocycles. The van der Waals surface area contributed by atoms with Crippen molar-refractivity contribution in [2.45, 2.75) is 4.90 Å². The molecular weight excluding hydrogens is 202 g/mol. The summed E-state index contributed by atoms with van der Waals surface area (Å²) >= 11 is -2.23. The van der Waals surface area contributed by atoms with Gasteiger partial charge in [0.2, 0.25) is 5.56 Å². The molecule has 1 aromatic carbocycles. The molecule has 72 valence electrons. The molecule has 0 amide bonds. The molecule has 0 fully saturated rings. The number of aromatic amines is 1. The van der Waals surface area contributed by atoms with Crippen molar-refractivity contribution in [2.24, 2.45) is 0 Å². The second-order valence-corrected chi connectivity index (χ2v) is 3.75. The van der Waals surface area contributed by atoms with Crippen LogP contribution in [0.1, 0.15) is 0 Å². The van der Waals surface area contributed by atoms with Crippen LogP contribution >= 0.6 is 0 Å². The highest BCUT2D eigenvalue weighted by atomic mass is 32.2. The van der Waals surface area contributed by atoms with Crippen LogP contribution in [0.15, 0.2) is 40.0 Å². The van der Waals surface area contributed by atoms with E-state index in [0.717, 1.165) is 0 Å². The maximum Gasteiger partial charge on any atom is 0.248 e. The van der Waals surface area contributed by atoms with Gasteiger partial charge in [-0.1, -0.05) is 0 Å². The largest absolute Gasteiger partial charge is 0.768 e. The van der Waals surface area contributed by atoms with Gasteiger partial charge in [0.25, 0.3) is 0 Å². The average Bonchev–Trinajstić information content (AvgIpc) is 2.16. The maximum absolute atomic E-state index is 10.9. The quantitative estimate of drug-likeness (QED) is 0.703. The van der Waals surface area contributed by atoms with Crippen molar-refractivity contribution in [2.75, 3.05) is 0 Å². The van der Waals surface area contributed by atoms with Crippen LogP contribution in [0, 0.1) is 0 Å². The smallest absolute Gasteiger partial charge is 0.248 e. The van der Waals surface area contributed by atoms with Crippen molar-refractivity contribution < 1.29 is 8.76 Å². The summed E-state index contributed by atoms with van der Waals surface area (Å²) in [6.45, 7) is 0. The van der Waals surface area contributed by atoms with Gasteiger partial charge in [0, 0.05) is 16.5 Å². The molecule has 0 aliphatic heterocycles. The molecule has 1 heterocycles. The molecule has 1 atom stereocenters. The number of aromatic nitrogens is 1. The number of pyridine rings is 1. The van der Waals surface area contributed by atoms with E-state index in [1.807, 2.05) is 0 Å². The molecule has 1 unspecified atom stereocenters. The first-order valence-electron chi connectivity index (χ1n) is 3.89. The van der Waals surface area contributed by atoms with Gasteiger partial charge in [-0.05, 0) is 40.7 Å². The topological polar surface area (TPSA) is 73.0 Å². The normalized spacial score (nSPS) is 12.9. The van der Waals surface area contributed by atoms with Crippen LogP contribution in [0.25, 0.3) is 10.9 Å². The standard InChI is InChI=1S/C9H7NO3S/c11-9-4-1-6-5-7(14(12)13)2-3-8(6)10-9/h1-5H,(H,10,11)(H,12,13)/p-1. The summed E-state index contributed by atoms with van der Waals surface area (Å²) in [6, 6.07) is 7.47. The second kappa shape index (κ2) is 3.36. The number of fused-ring (bicyclic) bond motifs is 1. The second-order valence-electron chi connectivity index (χ2n) is 2.81. The molecular formula is C9H6NO3S-. The molecule has 0 aliphatic carbocycles. The van der Waals surface area contributed by atoms with E-state index in [0.29, 0.717) is 10.9 Å².